The van der Waals surface area contributed by atoms with E-state index in [1.165, 1.54) is 31.4 Å². The molecule has 0 radical (unpaired) electrons. The second kappa shape index (κ2) is 8.83. The fourth-order valence-corrected chi connectivity index (χ4v) is 4.30. The van der Waals surface area contributed by atoms with Crippen LogP contribution in [0.1, 0.15) is 23.8 Å². The van der Waals surface area contributed by atoms with Crippen LogP contribution in [0, 0.1) is 5.82 Å². The second-order valence-corrected chi connectivity index (χ2v) is 8.48. The van der Waals surface area contributed by atoms with E-state index in [0.29, 0.717) is 4.88 Å². The number of aliphatic hydroxyl groups is 1. The van der Waals surface area contributed by atoms with Crippen LogP contribution in [0.25, 0.3) is 10.1 Å². The molecule has 3 rings (SSSR count). The van der Waals surface area contributed by atoms with Crippen molar-refractivity contribution >= 4 is 21.4 Å². The number of halogens is 4. The number of hydrogen-bond donors (Lipinski definition) is 2. The number of rotatable bonds is 9. The lowest BCUT2D eigenvalue weighted by Gasteiger charge is -2.38. The highest BCUT2D eigenvalue weighted by Gasteiger charge is 2.46. The minimum atomic E-state index is -3.22. The van der Waals surface area contributed by atoms with Crippen LogP contribution in [-0.4, -0.2) is 41.2 Å². The third-order valence-corrected chi connectivity index (χ3v) is 6.06. The average Bonchev–Trinajstić information content (AvgIpc) is 3.15. The van der Waals surface area contributed by atoms with Gasteiger partial charge in [-0.15, -0.1) is 11.3 Å². The summed E-state index contributed by atoms with van der Waals surface area (Å²) in [5.74, 6) is -0.510. The van der Waals surface area contributed by atoms with Gasteiger partial charge in [-0.1, -0.05) is 6.92 Å². The summed E-state index contributed by atoms with van der Waals surface area (Å²) in [4.78, 5) is 0.671. The van der Waals surface area contributed by atoms with Crippen molar-refractivity contribution in [1.82, 2.24) is 15.5 Å². The third kappa shape index (κ3) is 4.55. The largest absolute Gasteiger partial charge is 0.496 e. The van der Waals surface area contributed by atoms with E-state index in [0.717, 1.165) is 22.2 Å². The first-order chi connectivity index (χ1) is 14.2. The number of hydrogen-bond acceptors (Lipinski definition) is 6. The topological polar surface area (TPSA) is 67.3 Å². The van der Waals surface area contributed by atoms with Crippen LogP contribution in [-0.2, 0) is 12.0 Å². The Hall–Kier alpha value is -2.30. The Morgan fingerprint density at radius 2 is 1.97 bits per heavy atom. The number of benzene rings is 1. The molecule has 30 heavy (non-hydrogen) atoms. The van der Waals surface area contributed by atoms with Crippen molar-refractivity contribution in [3.63, 3.8) is 0 Å². The molecule has 2 heterocycles. The molecule has 0 aliphatic carbocycles. The third-order valence-electron chi connectivity index (χ3n) is 4.98. The van der Waals surface area contributed by atoms with Crippen LogP contribution in [0.5, 0.6) is 5.75 Å². The van der Waals surface area contributed by atoms with Gasteiger partial charge in [0.1, 0.15) is 11.6 Å². The van der Waals surface area contributed by atoms with Crippen molar-refractivity contribution in [1.29, 1.82) is 0 Å². The lowest BCUT2D eigenvalue weighted by molar-refractivity contribution is -0.136. The highest BCUT2D eigenvalue weighted by Crippen LogP contribution is 2.40. The summed E-state index contributed by atoms with van der Waals surface area (Å²) in [7, 11) is 1.32. The molecule has 0 spiro atoms. The van der Waals surface area contributed by atoms with E-state index >= 15 is 0 Å². The predicted molar refractivity (Wildman–Crippen MR) is 106 cm³/mol. The highest BCUT2D eigenvalue weighted by molar-refractivity contribution is 7.19. The van der Waals surface area contributed by atoms with Crippen LogP contribution in [0.3, 0.4) is 0 Å². The first-order valence-corrected chi connectivity index (χ1v) is 9.87. The number of fused-ring (bicyclic) bond motifs is 1. The Balaban J connectivity index is 1.87. The standard InChI is InChI=1S/C20H21F4N3O2S/c1-19(11-21,15-6-13(22)3-4-16(15)29-2)10-20(28,18(23)24)25-8-14-5-12-7-26-27-9-17(12)30-14/h3-7,9,18,25,28H,8,10-11H2,1-2H3. The van der Waals surface area contributed by atoms with Gasteiger partial charge in [-0.05, 0) is 24.3 Å². The fourth-order valence-electron chi connectivity index (χ4n) is 3.36. The number of alkyl halides is 3. The van der Waals surface area contributed by atoms with E-state index in [1.54, 1.807) is 18.5 Å². The zero-order valence-corrected chi connectivity index (χ0v) is 17.1. The highest BCUT2D eigenvalue weighted by atomic mass is 32.1. The first-order valence-electron chi connectivity index (χ1n) is 9.05. The van der Waals surface area contributed by atoms with E-state index in [9.17, 15) is 22.7 Å². The van der Waals surface area contributed by atoms with Crippen molar-refractivity contribution < 1.29 is 27.4 Å². The maximum Gasteiger partial charge on any atom is 0.280 e. The van der Waals surface area contributed by atoms with Crippen molar-refractivity contribution in [2.75, 3.05) is 13.8 Å². The molecule has 0 aliphatic rings. The monoisotopic (exact) mass is 443 g/mol. The molecule has 2 N–H and O–H groups in total. The second-order valence-electron chi connectivity index (χ2n) is 7.32. The van der Waals surface area contributed by atoms with E-state index < -0.39 is 36.5 Å². The Kier molecular flexibility index (Phi) is 6.59. The Morgan fingerprint density at radius 3 is 2.60 bits per heavy atom. The molecule has 10 heteroatoms. The summed E-state index contributed by atoms with van der Waals surface area (Å²) in [6.45, 7) is 0.155. The lowest BCUT2D eigenvalue weighted by atomic mass is 9.76. The minimum Gasteiger partial charge on any atom is -0.496 e. The molecule has 0 saturated heterocycles. The van der Waals surface area contributed by atoms with Crippen LogP contribution >= 0.6 is 11.3 Å². The normalized spacial score (nSPS) is 15.9. The molecule has 2 aromatic heterocycles. The molecule has 5 nitrogen and oxygen atoms in total. The van der Waals surface area contributed by atoms with Crippen molar-refractivity contribution in [3.05, 3.63) is 52.9 Å². The van der Waals surface area contributed by atoms with E-state index in [-0.39, 0.29) is 17.9 Å². The van der Waals surface area contributed by atoms with Crippen LogP contribution in [0.15, 0.2) is 36.7 Å². The average molecular weight is 443 g/mol. The summed E-state index contributed by atoms with van der Waals surface area (Å²) < 4.78 is 61.6. The van der Waals surface area contributed by atoms with Gasteiger partial charge in [0.05, 0.1) is 30.9 Å². The maximum absolute atomic E-state index is 14.1. The Labute approximate surface area is 174 Å². The number of thiophene rings is 1. The molecule has 1 aromatic carbocycles. The van der Waals surface area contributed by atoms with Crippen molar-refractivity contribution in [2.24, 2.45) is 0 Å². The smallest absolute Gasteiger partial charge is 0.280 e. The minimum absolute atomic E-state index is 0.0624. The van der Waals surface area contributed by atoms with Crippen LogP contribution in [0.4, 0.5) is 17.6 Å². The van der Waals surface area contributed by atoms with Gasteiger partial charge in [-0.2, -0.15) is 10.2 Å². The molecule has 0 saturated carbocycles. The molecular formula is C20H21F4N3O2S. The number of aromatic nitrogens is 2. The van der Waals surface area contributed by atoms with Crippen molar-refractivity contribution in [3.8, 4) is 5.75 Å². The number of methoxy groups -OCH3 is 1. The molecular weight excluding hydrogens is 422 g/mol. The van der Waals surface area contributed by atoms with Gasteiger partial charge in [0.25, 0.3) is 6.43 Å². The predicted octanol–water partition coefficient (Wildman–Crippen LogP) is 4.20. The number of nitrogens with one attached hydrogen (secondary N) is 1. The summed E-state index contributed by atoms with van der Waals surface area (Å²) in [5.41, 5.74) is -4.28. The Morgan fingerprint density at radius 1 is 1.23 bits per heavy atom. The summed E-state index contributed by atoms with van der Waals surface area (Å²) in [5, 5.41) is 21.5. The number of nitrogens with zero attached hydrogens (tertiary/aromatic N) is 2. The van der Waals surface area contributed by atoms with Crippen LogP contribution < -0.4 is 10.1 Å². The molecule has 162 valence electrons. The molecule has 0 aliphatic heterocycles. The summed E-state index contributed by atoms with van der Waals surface area (Å²) in [6, 6.07) is 5.21. The van der Waals surface area contributed by atoms with E-state index in [1.807, 2.05) is 0 Å². The SMILES string of the molecule is COc1ccc(F)cc1C(C)(CF)CC(O)(NCc1cc2cnncc2s1)C(F)F. The van der Waals surface area contributed by atoms with Gasteiger partial charge in [-0.25, -0.2) is 13.2 Å². The van der Waals surface area contributed by atoms with Gasteiger partial charge in [0.2, 0.25) is 0 Å². The molecule has 2 unspecified atom stereocenters. The summed E-state index contributed by atoms with van der Waals surface area (Å²) in [6.07, 6.45) is -0.827. The van der Waals surface area contributed by atoms with Gasteiger partial charge < -0.3 is 9.84 Å². The molecule has 0 amide bonds. The molecule has 3 aromatic rings. The molecule has 0 bridgehead atoms. The number of ether oxygens (including phenoxy) is 1. The Bertz CT molecular complexity index is 986. The molecule has 0 fully saturated rings. The van der Waals surface area contributed by atoms with E-state index in [2.05, 4.69) is 15.5 Å². The molecule has 2 atom stereocenters. The lowest BCUT2D eigenvalue weighted by Crippen LogP contribution is -2.55. The van der Waals surface area contributed by atoms with Crippen LogP contribution in [0.2, 0.25) is 0 Å². The van der Waals surface area contributed by atoms with Gasteiger partial charge in [0, 0.05) is 34.2 Å². The van der Waals surface area contributed by atoms with Gasteiger partial charge >= 0.3 is 0 Å². The summed E-state index contributed by atoms with van der Waals surface area (Å²) >= 11 is 1.31. The van der Waals surface area contributed by atoms with Gasteiger partial charge in [0.15, 0.2) is 5.72 Å². The quantitative estimate of drug-likeness (QED) is 0.383. The van der Waals surface area contributed by atoms with E-state index in [4.69, 9.17) is 4.74 Å². The first kappa shape index (κ1) is 22.4. The zero-order chi connectivity index (χ0) is 21.9. The van der Waals surface area contributed by atoms with Crippen molar-refractivity contribution in [2.45, 2.75) is 37.5 Å². The fraction of sp³-hybridized carbons (Fsp3) is 0.400. The maximum atomic E-state index is 14.1. The zero-order valence-electron chi connectivity index (χ0n) is 16.3. The van der Waals surface area contributed by atoms with Gasteiger partial charge in [-0.3, -0.25) is 9.71 Å².